The van der Waals surface area contributed by atoms with Gasteiger partial charge in [-0.2, -0.15) is 0 Å². The lowest BCUT2D eigenvalue weighted by Crippen LogP contribution is -2.64. The first-order chi connectivity index (χ1) is 12.9. The van der Waals surface area contributed by atoms with Gasteiger partial charge >= 0.3 is 12.2 Å². The molecule has 3 aliphatic rings. The van der Waals surface area contributed by atoms with Crippen molar-refractivity contribution in [2.75, 3.05) is 26.2 Å². The number of fused-ring (bicyclic) bond motifs is 3. The topological polar surface area (TPSA) is 68.3 Å². The Balaban J connectivity index is 2.07. The highest BCUT2D eigenvalue weighted by molar-refractivity contribution is 5.97. The van der Waals surface area contributed by atoms with E-state index in [9.17, 15) is 9.59 Å². The van der Waals surface area contributed by atoms with Crippen LogP contribution in [0.3, 0.4) is 0 Å². The lowest BCUT2D eigenvalue weighted by molar-refractivity contribution is 0.0693. The van der Waals surface area contributed by atoms with E-state index < -0.39 is 23.3 Å². The van der Waals surface area contributed by atoms with Crippen LogP contribution in [0.25, 0.3) is 0 Å². The Morgan fingerprint density at radius 1 is 1.22 bits per heavy atom. The first kappa shape index (κ1) is 17.7. The zero-order chi connectivity index (χ0) is 19.6. The van der Waals surface area contributed by atoms with E-state index in [2.05, 4.69) is 13.5 Å². The van der Waals surface area contributed by atoms with E-state index in [4.69, 9.17) is 14.2 Å². The fraction of sp³-hybridized carbons (Fsp3) is 0.500. The normalized spacial score (nSPS) is 30.2. The van der Waals surface area contributed by atoms with Gasteiger partial charge in [0.2, 0.25) is 0 Å². The number of carbonyl (C=O) groups is 2. The molecule has 1 aromatic rings. The van der Waals surface area contributed by atoms with Crippen molar-refractivity contribution in [2.24, 2.45) is 0 Å². The molecule has 3 atom stereocenters. The summed E-state index contributed by atoms with van der Waals surface area (Å²) in [4.78, 5) is 29.1. The third-order valence-electron chi connectivity index (χ3n) is 6.64. The van der Waals surface area contributed by atoms with Gasteiger partial charge in [-0.05, 0) is 48.6 Å². The third kappa shape index (κ3) is 1.72. The van der Waals surface area contributed by atoms with E-state index in [1.54, 1.807) is 16.9 Å². The molecule has 0 N–H and O–H groups in total. The van der Waals surface area contributed by atoms with Gasteiger partial charge in [0, 0.05) is 0 Å². The van der Waals surface area contributed by atoms with E-state index in [-0.39, 0.29) is 6.04 Å². The second kappa shape index (κ2) is 5.65. The van der Waals surface area contributed by atoms with Crippen LogP contribution >= 0.6 is 0 Å². The predicted molar refractivity (Wildman–Crippen MR) is 99.0 cm³/mol. The van der Waals surface area contributed by atoms with Crippen LogP contribution in [0, 0.1) is 0 Å². The number of methoxy groups -OCH3 is 3. The van der Waals surface area contributed by atoms with Gasteiger partial charge in [0.05, 0.1) is 38.5 Å². The largest absolute Gasteiger partial charge is 0.497 e. The number of benzene rings is 1. The molecule has 1 aromatic carbocycles. The van der Waals surface area contributed by atoms with Gasteiger partial charge in [-0.25, -0.2) is 9.59 Å². The van der Waals surface area contributed by atoms with E-state index in [1.807, 2.05) is 18.2 Å². The summed E-state index contributed by atoms with van der Waals surface area (Å²) < 4.78 is 15.7. The second-order valence-corrected chi connectivity index (χ2v) is 7.18. The summed E-state index contributed by atoms with van der Waals surface area (Å²) in [5, 5.41) is 0. The number of rotatable bonds is 2. The van der Waals surface area contributed by atoms with Gasteiger partial charge < -0.3 is 14.2 Å². The molecule has 7 heteroatoms. The molecule has 2 amide bonds. The maximum absolute atomic E-state index is 12.9. The maximum Gasteiger partial charge on any atom is 0.416 e. The van der Waals surface area contributed by atoms with Gasteiger partial charge in [-0.3, -0.25) is 9.80 Å². The molecule has 3 aliphatic heterocycles. The quantitative estimate of drug-likeness (QED) is 0.744. The monoisotopic (exact) mass is 372 g/mol. The molecule has 0 aliphatic carbocycles. The molecular weight excluding hydrogens is 348 g/mol. The number of nitrogens with zero attached hydrogens (tertiary/aromatic N) is 2. The van der Waals surface area contributed by atoms with E-state index in [0.717, 1.165) is 23.2 Å². The van der Waals surface area contributed by atoms with Gasteiger partial charge in [-0.15, -0.1) is 0 Å². The zero-order valence-corrected chi connectivity index (χ0v) is 16.1. The van der Waals surface area contributed by atoms with Gasteiger partial charge in [0.15, 0.2) is 0 Å². The number of hydrogen-bond acceptors (Lipinski definition) is 5. The van der Waals surface area contributed by atoms with Gasteiger partial charge in [0.1, 0.15) is 11.4 Å². The first-order valence-electron chi connectivity index (χ1n) is 9.07. The molecule has 1 spiro atoms. The molecule has 0 saturated carbocycles. The molecule has 2 fully saturated rings. The van der Waals surface area contributed by atoms with E-state index in [1.165, 1.54) is 14.2 Å². The SMILES string of the molecule is C=C1[C@H]2CC[C@]3(N(C(=O)OC)c4ccc(OC)cc4[C@]13CC)N2C(=O)OC. The highest BCUT2D eigenvalue weighted by atomic mass is 16.6. The highest BCUT2D eigenvalue weighted by Gasteiger charge is 2.77. The molecule has 7 nitrogen and oxygen atoms in total. The van der Waals surface area contributed by atoms with E-state index >= 15 is 0 Å². The van der Waals surface area contributed by atoms with Crippen molar-refractivity contribution < 1.29 is 23.8 Å². The van der Waals surface area contributed by atoms with Crippen molar-refractivity contribution in [2.45, 2.75) is 43.3 Å². The van der Waals surface area contributed by atoms with Crippen molar-refractivity contribution in [3.05, 3.63) is 35.9 Å². The van der Waals surface area contributed by atoms with Crippen molar-refractivity contribution in [3.8, 4) is 5.75 Å². The zero-order valence-electron chi connectivity index (χ0n) is 16.1. The molecule has 4 rings (SSSR count). The van der Waals surface area contributed by atoms with Crippen LogP contribution < -0.4 is 9.64 Å². The molecule has 0 aromatic heterocycles. The summed E-state index contributed by atoms with van der Waals surface area (Å²) in [5.74, 6) is 0.698. The molecular formula is C20H24N2O5. The Bertz CT molecular complexity index is 853. The summed E-state index contributed by atoms with van der Waals surface area (Å²) in [7, 11) is 4.33. The molecule has 0 unspecified atom stereocenters. The molecule has 2 saturated heterocycles. The number of amides is 2. The highest BCUT2D eigenvalue weighted by Crippen LogP contribution is 2.69. The average Bonchev–Trinajstić information content (AvgIpc) is 3.27. The van der Waals surface area contributed by atoms with Crippen molar-refractivity contribution in [1.82, 2.24) is 4.90 Å². The van der Waals surface area contributed by atoms with Crippen molar-refractivity contribution >= 4 is 17.9 Å². The minimum absolute atomic E-state index is 0.177. The lowest BCUT2D eigenvalue weighted by Gasteiger charge is -2.46. The third-order valence-corrected chi connectivity index (χ3v) is 6.64. The Labute approximate surface area is 158 Å². The fourth-order valence-electron chi connectivity index (χ4n) is 5.73. The number of carbonyl (C=O) groups excluding carboxylic acids is 2. The van der Waals surface area contributed by atoms with E-state index in [0.29, 0.717) is 18.6 Å². The number of ether oxygens (including phenoxy) is 3. The summed E-state index contributed by atoms with van der Waals surface area (Å²) in [6.45, 7) is 6.45. The molecule has 2 bridgehead atoms. The maximum atomic E-state index is 12.9. The summed E-state index contributed by atoms with van der Waals surface area (Å²) in [6, 6.07) is 5.44. The molecule has 144 valence electrons. The number of anilines is 1. The standard InChI is InChI=1S/C20H24N2O5/c1-6-19-12(2)15-9-10-20(19,21(15)17(23)26-4)22(18(24)27-5)16-8-7-13(25-3)11-14(16)19/h7-8,11,15H,2,6,9-10H2,1,3-5H3/t15-,19+,20-/m1/s1. The Kier molecular flexibility index (Phi) is 3.70. The smallest absolute Gasteiger partial charge is 0.416 e. The van der Waals surface area contributed by atoms with Crippen LogP contribution in [0.15, 0.2) is 30.4 Å². The van der Waals surface area contributed by atoms with Crippen LogP contribution in [0.5, 0.6) is 5.75 Å². The van der Waals surface area contributed by atoms with Crippen LogP contribution in [-0.2, 0) is 14.9 Å². The first-order valence-corrected chi connectivity index (χ1v) is 9.07. The summed E-state index contributed by atoms with van der Waals surface area (Å²) in [5.41, 5.74) is 1.08. The summed E-state index contributed by atoms with van der Waals surface area (Å²) in [6.07, 6.45) is 1.09. The number of hydrogen-bond donors (Lipinski definition) is 0. The minimum Gasteiger partial charge on any atom is -0.497 e. The Morgan fingerprint density at radius 2 is 1.93 bits per heavy atom. The van der Waals surface area contributed by atoms with Gasteiger partial charge in [0.25, 0.3) is 0 Å². The minimum atomic E-state index is -0.918. The molecule has 27 heavy (non-hydrogen) atoms. The predicted octanol–water partition coefficient (Wildman–Crippen LogP) is 3.43. The Hall–Kier alpha value is -2.70. The van der Waals surface area contributed by atoms with Crippen molar-refractivity contribution in [1.29, 1.82) is 0 Å². The van der Waals surface area contributed by atoms with Crippen LogP contribution in [0.1, 0.15) is 31.7 Å². The van der Waals surface area contributed by atoms with Crippen LogP contribution in [-0.4, -0.2) is 50.1 Å². The second-order valence-electron chi connectivity index (χ2n) is 7.18. The Morgan fingerprint density at radius 3 is 2.52 bits per heavy atom. The lowest BCUT2D eigenvalue weighted by atomic mass is 9.63. The molecule has 3 heterocycles. The molecule has 0 radical (unpaired) electrons. The fourth-order valence-corrected chi connectivity index (χ4v) is 5.73. The average molecular weight is 372 g/mol. The van der Waals surface area contributed by atoms with Gasteiger partial charge in [-0.1, -0.05) is 13.5 Å². The van der Waals surface area contributed by atoms with Crippen LogP contribution in [0.2, 0.25) is 0 Å². The van der Waals surface area contributed by atoms with Crippen molar-refractivity contribution in [3.63, 3.8) is 0 Å². The summed E-state index contributed by atoms with van der Waals surface area (Å²) >= 11 is 0. The van der Waals surface area contributed by atoms with Crippen LogP contribution in [0.4, 0.5) is 15.3 Å².